The molecule has 0 aliphatic rings. The van der Waals surface area contributed by atoms with E-state index < -0.39 is 11.7 Å². The van der Waals surface area contributed by atoms with E-state index in [9.17, 15) is 13.2 Å². The molecule has 0 amide bonds. The molecule has 0 N–H and O–H groups in total. The number of methoxy groups -OCH3 is 2. The summed E-state index contributed by atoms with van der Waals surface area (Å²) in [5.41, 5.74) is -0.315. The van der Waals surface area contributed by atoms with Gasteiger partial charge < -0.3 is 9.47 Å². The molecular weight excluding hydrogens is 209 g/mol. The third kappa shape index (κ3) is 2.86. The first kappa shape index (κ1) is 11.8. The lowest BCUT2D eigenvalue weighted by molar-refractivity contribution is -0.138. The van der Waals surface area contributed by atoms with Gasteiger partial charge in [-0.05, 0) is 17.7 Å². The lowest BCUT2D eigenvalue weighted by Gasteiger charge is -2.13. The highest BCUT2D eigenvalue weighted by Gasteiger charge is 2.34. The molecule has 0 saturated heterocycles. The van der Waals surface area contributed by atoms with Gasteiger partial charge in [0.25, 0.3) is 0 Å². The summed E-state index contributed by atoms with van der Waals surface area (Å²) in [6, 6.07) is 3.86. The van der Waals surface area contributed by atoms with E-state index in [1.54, 1.807) is 0 Å². The highest BCUT2D eigenvalue weighted by molar-refractivity contribution is 5.39. The van der Waals surface area contributed by atoms with E-state index in [0.717, 1.165) is 6.07 Å². The molecule has 0 atom stereocenters. The third-order valence-electron chi connectivity index (χ3n) is 1.88. The van der Waals surface area contributed by atoms with Crippen molar-refractivity contribution in [2.45, 2.75) is 12.8 Å². The predicted molar refractivity (Wildman–Crippen MR) is 48.7 cm³/mol. The van der Waals surface area contributed by atoms with Gasteiger partial charge in [-0.1, -0.05) is 6.07 Å². The lowest BCUT2D eigenvalue weighted by atomic mass is 10.1. The van der Waals surface area contributed by atoms with Crippen LogP contribution in [-0.4, -0.2) is 14.2 Å². The highest BCUT2D eigenvalue weighted by atomic mass is 19.4. The second-order valence-electron chi connectivity index (χ2n) is 2.97. The molecule has 1 rings (SSSR count). The van der Waals surface area contributed by atoms with Crippen molar-refractivity contribution in [1.82, 2.24) is 0 Å². The van der Waals surface area contributed by atoms with Crippen molar-refractivity contribution < 1.29 is 22.6 Å². The van der Waals surface area contributed by atoms with E-state index in [1.165, 1.54) is 26.4 Å². The summed E-state index contributed by atoms with van der Waals surface area (Å²) in [6.07, 6.45) is -4.41. The molecule has 1 aromatic carbocycles. The molecule has 1 aromatic rings. The van der Waals surface area contributed by atoms with E-state index in [4.69, 9.17) is 4.74 Å². The minimum Gasteiger partial charge on any atom is -0.496 e. The first-order valence-corrected chi connectivity index (χ1v) is 4.22. The monoisotopic (exact) mass is 220 g/mol. The average Bonchev–Trinajstić information content (AvgIpc) is 2.17. The van der Waals surface area contributed by atoms with Crippen molar-refractivity contribution in [1.29, 1.82) is 0 Å². The summed E-state index contributed by atoms with van der Waals surface area (Å²) in [5.74, 6) is -0.178. The number of alkyl halides is 3. The number of hydrogen-bond acceptors (Lipinski definition) is 2. The second kappa shape index (κ2) is 4.53. The molecule has 5 heteroatoms. The Morgan fingerprint density at radius 3 is 2.33 bits per heavy atom. The van der Waals surface area contributed by atoms with Crippen LogP contribution >= 0.6 is 0 Å². The van der Waals surface area contributed by atoms with Crippen molar-refractivity contribution in [3.05, 3.63) is 29.3 Å². The van der Waals surface area contributed by atoms with Crippen LogP contribution < -0.4 is 4.74 Å². The third-order valence-corrected chi connectivity index (χ3v) is 1.88. The van der Waals surface area contributed by atoms with Gasteiger partial charge in [-0.25, -0.2) is 0 Å². The van der Waals surface area contributed by atoms with Gasteiger partial charge in [-0.2, -0.15) is 13.2 Å². The zero-order chi connectivity index (χ0) is 11.5. The Hall–Kier alpha value is -1.23. The topological polar surface area (TPSA) is 18.5 Å². The molecule has 0 fully saturated rings. The molecule has 84 valence electrons. The summed E-state index contributed by atoms with van der Waals surface area (Å²) in [5, 5.41) is 0. The highest BCUT2D eigenvalue weighted by Crippen LogP contribution is 2.36. The predicted octanol–water partition coefficient (Wildman–Crippen LogP) is 2.86. The minimum atomic E-state index is -4.41. The molecule has 15 heavy (non-hydrogen) atoms. The summed E-state index contributed by atoms with van der Waals surface area (Å²) in [7, 11) is 2.64. The van der Waals surface area contributed by atoms with Crippen LogP contribution in [0, 0.1) is 0 Å². The maximum absolute atomic E-state index is 12.5. The first-order chi connectivity index (χ1) is 6.99. The molecule has 2 nitrogen and oxygen atoms in total. The fraction of sp³-hybridized carbons (Fsp3) is 0.400. The molecule has 0 aliphatic heterocycles. The smallest absolute Gasteiger partial charge is 0.419 e. The van der Waals surface area contributed by atoms with Crippen molar-refractivity contribution >= 4 is 0 Å². The van der Waals surface area contributed by atoms with Crippen LogP contribution in [0.25, 0.3) is 0 Å². The van der Waals surface area contributed by atoms with Crippen LogP contribution in [0.1, 0.15) is 11.1 Å². The molecule has 0 aliphatic carbocycles. The normalized spacial score (nSPS) is 11.5. The van der Waals surface area contributed by atoms with Gasteiger partial charge in [0, 0.05) is 7.11 Å². The summed E-state index contributed by atoms with van der Waals surface area (Å²) >= 11 is 0. The van der Waals surface area contributed by atoms with Gasteiger partial charge in [-0.3, -0.25) is 0 Å². The van der Waals surface area contributed by atoms with E-state index in [-0.39, 0.29) is 12.4 Å². The van der Waals surface area contributed by atoms with E-state index in [0.29, 0.717) is 5.56 Å². The number of benzene rings is 1. The lowest BCUT2D eigenvalue weighted by Crippen LogP contribution is -2.08. The van der Waals surface area contributed by atoms with Gasteiger partial charge in [0.15, 0.2) is 0 Å². The van der Waals surface area contributed by atoms with Gasteiger partial charge in [-0.15, -0.1) is 0 Å². The minimum absolute atomic E-state index is 0.146. The van der Waals surface area contributed by atoms with Crippen molar-refractivity contribution in [3.63, 3.8) is 0 Å². The number of ether oxygens (including phenoxy) is 2. The molecule has 0 spiro atoms. The SMILES string of the molecule is COCc1ccc(OC)c(C(F)(F)F)c1. The van der Waals surface area contributed by atoms with Crippen molar-refractivity contribution in [2.75, 3.05) is 14.2 Å². The maximum Gasteiger partial charge on any atom is 0.419 e. The molecule has 0 aromatic heterocycles. The van der Waals surface area contributed by atoms with Gasteiger partial charge in [0.05, 0.1) is 19.3 Å². The summed E-state index contributed by atoms with van der Waals surface area (Å²) < 4.78 is 47.0. The Kier molecular flexibility index (Phi) is 3.57. The zero-order valence-corrected chi connectivity index (χ0v) is 8.39. The quantitative estimate of drug-likeness (QED) is 0.779. The number of hydrogen-bond donors (Lipinski definition) is 0. The molecule has 0 unspecified atom stereocenters. The Labute approximate surface area is 85.6 Å². The van der Waals surface area contributed by atoms with E-state index in [1.807, 2.05) is 0 Å². The molecular formula is C10H11F3O2. The van der Waals surface area contributed by atoms with Gasteiger partial charge in [0.1, 0.15) is 5.75 Å². The molecule has 0 heterocycles. The van der Waals surface area contributed by atoms with E-state index in [2.05, 4.69) is 4.74 Å². The fourth-order valence-corrected chi connectivity index (χ4v) is 1.23. The zero-order valence-electron chi connectivity index (χ0n) is 8.39. The fourth-order valence-electron chi connectivity index (χ4n) is 1.23. The summed E-state index contributed by atoms with van der Waals surface area (Å²) in [4.78, 5) is 0. The standard InChI is InChI=1S/C10H11F3O2/c1-14-6-7-3-4-9(15-2)8(5-7)10(11,12)13/h3-5H,6H2,1-2H3. The van der Waals surface area contributed by atoms with Crippen LogP contribution in [0.3, 0.4) is 0 Å². The Morgan fingerprint density at radius 1 is 1.20 bits per heavy atom. The summed E-state index contributed by atoms with van der Waals surface area (Å²) in [6.45, 7) is 0.146. The van der Waals surface area contributed by atoms with Crippen molar-refractivity contribution in [2.24, 2.45) is 0 Å². The second-order valence-corrected chi connectivity index (χ2v) is 2.97. The Morgan fingerprint density at radius 2 is 1.87 bits per heavy atom. The van der Waals surface area contributed by atoms with Gasteiger partial charge >= 0.3 is 6.18 Å². The van der Waals surface area contributed by atoms with Crippen LogP contribution in [0.4, 0.5) is 13.2 Å². The van der Waals surface area contributed by atoms with Crippen LogP contribution in [0.15, 0.2) is 18.2 Å². The van der Waals surface area contributed by atoms with Gasteiger partial charge in [0.2, 0.25) is 0 Å². The molecule has 0 bridgehead atoms. The van der Waals surface area contributed by atoms with Crippen LogP contribution in [-0.2, 0) is 17.5 Å². The molecule has 0 radical (unpaired) electrons. The molecule has 0 saturated carbocycles. The first-order valence-electron chi connectivity index (χ1n) is 4.22. The number of rotatable bonds is 3. The van der Waals surface area contributed by atoms with Crippen LogP contribution in [0.2, 0.25) is 0 Å². The van der Waals surface area contributed by atoms with E-state index >= 15 is 0 Å². The van der Waals surface area contributed by atoms with Crippen LogP contribution in [0.5, 0.6) is 5.75 Å². The average molecular weight is 220 g/mol. The number of halogens is 3. The van der Waals surface area contributed by atoms with Crippen molar-refractivity contribution in [3.8, 4) is 5.75 Å². The Balaban J connectivity index is 3.13. The Bertz CT molecular complexity index is 334. The largest absolute Gasteiger partial charge is 0.496 e. The maximum atomic E-state index is 12.5.